The lowest BCUT2D eigenvalue weighted by molar-refractivity contribution is -0.113. The lowest BCUT2D eigenvalue weighted by Gasteiger charge is -2.07. The van der Waals surface area contributed by atoms with E-state index >= 15 is 0 Å². The number of fused-ring (bicyclic) bond motifs is 1. The van der Waals surface area contributed by atoms with Crippen molar-refractivity contribution < 1.29 is 14.3 Å². The summed E-state index contributed by atoms with van der Waals surface area (Å²) in [5.74, 6) is 1.22. The van der Waals surface area contributed by atoms with Crippen LogP contribution in [0.4, 0.5) is 5.00 Å². The highest BCUT2D eigenvalue weighted by Gasteiger charge is 2.30. The first kappa shape index (κ1) is 19.4. The largest absolute Gasteiger partial charge is 0.465 e. The number of hydrogen-bond acceptors (Lipinski definition) is 7. The molecule has 4 rings (SSSR count). The Morgan fingerprint density at radius 2 is 2.04 bits per heavy atom. The summed E-state index contributed by atoms with van der Waals surface area (Å²) < 4.78 is 6.96. The number of anilines is 1. The van der Waals surface area contributed by atoms with E-state index in [4.69, 9.17) is 4.74 Å². The van der Waals surface area contributed by atoms with E-state index in [0.717, 1.165) is 55.1 Å². The normalized spacial score (nSPS) is 16.4. The van der Waals surface area contributed by atoms with Gasteiger partial charge in [-0.15, -0.1) is 21.5 Å². The summed E-state index contributed by atoms with van der Waals surface area (Å²) in [6.45, 7) is 0. The van der Waals surface area contributed by atoms with Gasteiger partial charge in [-0.05, 0) is 44.1 Å². The lowest BCUT2D eigenvalue weighted by Crippen LogP contribution is -2.16. The highest BCUT2D eigenvalue weighted by molar-refractivity contribution is 7.99. The van der Waals surface area contributed by atoms with Crippen molar-refractivity contribution in [2.45, 2.75) is 56.0 Å². The number of aryl methyl sites for hydroxylation is 1. The maximum absolute atomic E-state index is 12.6. The van der Waals surface area contributed by atoms with Crippen LogP contribution in [0.15, 0.2) is 5.16 Å². The average Bonchev–Trinajstić information content (AvgIpc) is 3.43. The number of carbonyl (C=O) groups is 2. The molecular weight excluding hydrogens is 396 g/mol. The van der Waals surface area contributed by atoms with E-state index in [1.165, 1.54) is 41.5 Å². The van der Waals surface area contributed by atoms with Crippen LogP contribution in [-0.2, 0) is 29.4 Å². The van der Waals surface area contributed by atoms with Crippen LogP contribution in [0.2, 0.25) is 0 Å². The molecule has 1 N–H and O–H groups in total. The van der Waals surface area contributed by atoms with Crippen LogP contribution in [0.5, 0.6) is 0 Å². The van der Waals surface area contributed by atoms with Crippen LogP contribution in [0.1, 0.15) is 64.6 Å². The van der Waals surface area contributed by atoms with Crippen molar-refractivity contribution in [2.24, 2.45) is 7.05 Å². The van der Waals surface area contributed by atoms with E-state index in [1.807, 2.05) is 11.6 Å². The summed E-state index contributed by atoms with van der Waals surface area (Å²) in [5, 5.41) is 12.7. The van der Waals surface area contributed by atoms with E-state index in [1.54, 1.807) is 0 Å². The van der Waals surface area contributed by atoms with Gasteiger partial charge >= 0.3 is 5.97 Å². The first-order chi connectivity index (χ1) is 13.6. The molecule has 9 heteroatoms. The minimum absolute atomic E-state index is 0.150. The maximum atomic E-state index is 12.6. The molecular formula is C19H24N4O3S2. The molecule has 0 radical (unpaired) electrons. The van der Waals surface area contributed by atoms with Gasteiger partial charge in [0.2, 0.25) is 5.91 Å². The quantitative estimate of drug-likeness (QED) is 0.437. The van der Waals surface area contributed by atoms with Crippen molar-refractivity contribution in [3.8, 4) is 0 Å². The van der Waals surface area contributed by atoms with Crippen molar-refractivity contribution in [1.29, 1.82) is 0 Å². The van der Waals surface area contributed by atoms with Gasteiger partial charge in [0, 0.05) is 17.8 Å². The number of thioether (sulfide) groups is 1. The topological polar surface area (TPSA) is 86.1 Å². The first-order valence-corrected chi connectivity index (χ1v) is 11.4. The second kappa shape index (κ2) is 8.24. The van der Waals surface area contributed by atoms with Crippen LogP contribution in [-0.4, -0.2) is 39.5 Å². The van der Waals surface area contributed by atoms with E-state index in [-0.39, 0.29) is 17.6 Å². The van der Waals surface area contributed by atoms with Crippen molar-refractivity contribution in [1.82, 2.24) is 14.8 Å². The molecule has 7 nitrogen and oxygen atoms in total. The van der Waals surface area contributed by atoms with E-state index in [2.05, 4.69) is 15.5 Å². The number of hydrogen-bond donors (Lipinski definition) is 1. The predicted octanol–water partition coefficient (Wildman–Crippen LogP) is 3.54. The number of nitrogens with one attached hydrogen (secondary N) is 1. The molecule has 2 heterocycles. The third-order valence-electron chi connectivity index (χ3n) is 5.21. The highest BCUT2D eigenvalue weighted by Crippen LogP contribution is 2.40. The number of ether oxygens (including phenoxy) is 1. The molecule has 2 aliphatic carbocycles. The SMILES string of the molecule is COC(=O)c1c(NC(=O)CSc2nnc(C3CC3)n2C)sc2c1CCCCC2. The first-order valence-electron chi connectivity index (χ1n) is 9.63. The van der Waals surface area contributed by atoms with Gasteiger partial charge in [-0.2, -0.15) is 0 Å². The minimum atomic E-state index is -0.371. The molecule has 0 saturated heterocycles. The van der Waals surface area contributed by atoms with Gasteiger partial charge in [0.1, 0.15) is 10.8 Å². The molecule has 1 saturated carbocycles. The van der Waals surface area contributed by atoms with E-state index < -0.39 is 0 Å². The fraction of sp³-hybridized carbons (Fsp3) is 0.579. The summed E-state index contributed by atoms with van der Waals surface area (Å²) in [6, 6.07) is 0. The Morgan fingerprint density at radius 3 is 2.79 bits per heavy atom. The number of amides is 1. The van der Waals surface area contributed by atoms with Crippen LogP contribution in [0.3, 0.4) is 0 Å². The molecule has 28 heavy (non-hydrogen) atoms. The minimum Gasteiger partial charge on any atom is -0.465 e. The molecule has 0 unspecified atom stereocenters. The summed E-state index contributed by atoms with van der Waals surface area (Å²) in [4.78, 5) is 26.1. The van der Waals surface area contributed by atoms with Crippen LogP contribution in [0.25, 0.3) is 0 Å². The number of esters is 1. The third-order valence-corrected chi connectivity index (χ3v) is 7.43. The van der Waals surface area contributed by atoms with Gasteiger partial charge in [0.25, 0.3) is 0 Å². The molecule has 2 aromatic heterocycles. The predicted molar refractivity (Wildman–Crippen MR) is 109 cm³/mol. The number of aromatic nitrogens is 3. The molecule has 0 atom stereocenters. The molecule has 0 spiro atoms. The number of thiophene rings is 1. The molecule has 2 aliphatic rings. The second-order valence-electron chi connectivity index (χ2n) is 7.27. The van der Waals surface area contributed by atoms with Crippen LogP contribution < -0.4 is 5.32 Å². The zero-order valence-corrected chi connectivity index (χ0v) is 17.8. The number of carbonyl (C=O) groups excluding carboxylic acids is 2. The lowest BCUT2D eigenvalue weighted by atomic mass is 10.1. The van der Waals surface area contributed by atoms with Crippen LogP contribution >= 0.6 is 23.1 Å². The summed E-state index contributed by atoms with van der Waals surface area (Å²) in [6.07, 6.45) is 7.49. The molecule has 1 fully saturated rings. The monoisotopic (exact) mass is 420 g/mol. The fourth-order valence-electron chi connectivity index (χ4n) is 3.59. The zero-order chi connectivity index (χ0) is 19.7. The Balaban J connectivity index is 1.46. The Kier molecular flexibility index (Phi) is 5.73. The zero-order valence-electron chi connectivity index (χ0n) is 16.1. The van der Waals surface area contributed by atoms with Crippen molar-refractivity contribution in [2.75, 3.05) is 18.2 Å². The molecule has 0 bridgehead atoms. The van der Waals surface area contributed by atoms with E-state index in [9.17, 15) is 9.59 Å². The van der Waals surface area contributed by atoms with Crippen molar-refractivity contribution in [3.05, 3.63) is 21.8 Å². The summed E-state index contributed by atoms with van der Waals surface area (Å²) in [5.41, 5.74) is 1.59. The fourth-order valence-corrected chi connectivity index (χ4v) is 5.60. The van der Waals surface area contributed by atoms with Crippen molar-refractivity contribution in [3.63, 3.8) is 0 Å². The summed E-state index contributed by atoms with van der Waals surface area (Å²) >= 11 is 2.88. The van der Waals surface area contributed by atoms with E-state index in [0.29, 0.717) is 16.5 Å². The number of rotatable bonds is 6. The third kappa shape index (κ3) is 3.96. The van der Waals surface area contributed by atoms with Gasteiger partial charge in [-0.25, -0.2) is 4.79 Å². The number of nitrogens with zero attached hydrogens (tertiary/aromatic N) is 3. The number of methoxy groups -OCH3 is 1. The van der Waals surface area contributed by atoms with Gasteiger partial charge < -0.3 is 14.6 Å². The van der Waals surface area contributed by atoms with Crippen LogP contribution in [0, 0.1) is 0 Å². The van der Waals surface area contributed by atoms with Gasteiger partial charge in [0.15, 0.2) is 5.16 Å². The Morgan fingerprint density at radius 1 is 1.25 bits per heavy atom. The average molecular weight is 421 g/mol. The molecule has 2 aromatic rings. The maximum Gasteiger partial charge on any atom is 0.341 e. The van der Waals surface area contributed by atoms with Crippen molar-refractivity contribution >= 4 is 40.0 Å². The Bertz CT molecular complexity index is 901. The Labute approximate surface area is 172 Å². The standard InChI is InChI=1S/C19H24N4O3S2/c1-23-16(11-8-9-11)21-22-19(23)27-10-14(24)20-17-15(18(25)26-2)12-6-4-3-5-7-13(12)28-17/h11H,3-10H2,1-2H3,(H,20,24). The molecule has 0 aliphatic heterocycles. The smallest absolute Gasteiger partial charge is 0.341 e. The molecule has 0 aromatic carbocycles. The highest BCUT2D eigenvalue weighted by atomic mass is 32.2. The second-order valence-corrected chi connectivity index (χ2v) is 9.32. The van der Waals surface area contributed by atoms with Gasteiger partial charge in [0.05, 0.1) is 18.4 Å². The molecule has 1 amide bonds. The van der Waals surface area contributed by atoms with Gasteiger partial charge in [-0.1, -0.05) is 18.2 Å². The summed E-state index contributed by atoms with van der Waals surface area (Å²) in [7, 11) is 3.33. The molecule has 150 valence electrons. The Hall–Kier alpha value is -1.87. The van der Waals surface area contributed by atoms with Gasteiger partial charge in [-0.3, -0.25) is 4.79 Å².